The van der Waals surface area contributed by atoms with Crippen LogP contribution in [0, 0.1) is 9.49 Å². The van der Waals surface area contributed by atoms with E-state index in [2.05, 4.69) is 27.9 Å². The third-order valence-electron chi connectivity index (χ3n) is 2.81. The van der Waals surface area contributed by atoms with Crippen LogP contribution in [0.25, 0.3) is 0 Å². The number of nitrogens with two attached hydrogens (primary N) is 1. The van der Waals surface area contributed by atoms with Crippen LogP contribution in [0.1, 0.15) is 23.2 Å². The third kappa shape index (κ3) is 3.16. The lowest BCUT2D eigenvalue weighted by Gasteiger charge is -2.17. The van der Waals surface area contributed by atoms with Gasteiger partial charge in [-0.3, -0.25) is 4.79 Å². The summed E-state index contributed by atoms with van der Waals surface area (Å²) in [6.07, 6.45) is 2.18. The fraction of sp³-hybridized carbons (Fsp3) is 0.333. The van der Waals surface area contributed by atoms with Crippen molar-refractivity contribution < 1.29 is 4.79 Å². The zero-order valence-corrected chi connectivity index (χ0v) is 12.1. The molecule has 1 amide bonds. The van der Waals surface area contributed by atoms with Gasteiger partial charge in [-0.1, -0.05) is 24.4 Å². The number of amides is 1. The van der Waals surface area contributed by atoms with Gasteiger partial charge in [0.25, 0.3) is 5.91 Å². The van der Waals surface area contributed by atoms with Crippen molar-refractivity contribution in [2.45, 2.75) is 18.9 Å². The predicted octanol–water partition coefficient (Wildman–Crippen LogP) is 2.09. The zero-order valence-electron chi connectivity index (χ0n) is 9.15. The molecule has 1 aliphatic carbocycles. The van der Waals surface area contributed by atoms with E-state index in [0.29, 0.717) is 16.5 Å². The molecular weight excluding hydrogens is 347 g/mol. The van der Waals surface area contributed by atoms with Crippen molar-refractivity contribution in [1.82, 2.24) is 5.32 Å². The lowest BCUT2D eigenvalue weighted by atomic mass is 10.1. The minimum atomic E-state index is -0.159. The van der Waals surface area contributed by atoms with Crippen LogP contribution in [0.15, 0.2) is 24.3 Å². The molecule has 1 aliphatic rings. The van der Waals surface area contributed by atoms with E-state index in [1.807, 2.05) is 18.2 Å². The van der Waals surface area contributed by atoms with Crippen LogP contribution >= 0.6 is 34.8 Å². The summed E-state index contributed by atoms with van der Waals surface area (Å²) < 4.78 is 0.931. The van der Waals surface area contributed by atoms with Crippen molar-refractivity contribution in [3.05, 3.63) is 33.4 Å². The Morgan fingerprint density at radius 1 is 1.47 bits per heavy atom. The van der Waals surface area contributed by atoms with Gasteiger partial charge in [-0.05, 0) is 53.5 Å². The number of rotatable bonds is 4. The molecule has 5 heteroatoms. The molecule has 0 bridgehead atoms. The van der Waals surface area contributed by atoms with E-state index in [0.717, 1.165) is 16.4 Å². The standard InChI is InChI=1S/C12H13IN2OS/c13-9-4-2-1-3-8(9)12(16)15-10(11(14)17)7-5-6-7/h1-4,7,10H,5-6H2,(H2,14,17)(H,15,16). The Bertz CT molecular complexity index is 460. The molecule has 1 atom stereocenters. The Hall–Kier alpha value is -0.690. The molecular formula is C12H13IN2OS. The Kier molecular flexibility index (Phi) is 3.98. The Morgan fingerprint density at radius 3 is 2.65 bits per heavy atom. The highest BCUT2D eigenvalue weighted by molar-refractivity contribution is 14.1. The molecule has 1 aromatic rings. The van der Waals surface area contributed by atoms with E-state index in [1.165, 1.54) is 0 Å². The molecule has 17 heavy (non-hydrogen) atoms. The second-order valence-electron chi connectivity index (χ2n) is 4.17. The normalized spacial score (nSPS) is 16.3. The van der Waals surface area contributed by atoms with E-state index >= 15 is 0 Å². The predicted molar refractivity (Wildman–Crippen MR) is 79.9 cm³/mol. The average molecular weight is 360 g/mol. The second kappa shape index (κ2) is 5.30. The molecule has 2 rings (SSSR count). The van der Waals surface area contributed by atoms with Crippen LogP contribution in [0.3, 0.4) is 0 Å². The van der Waals surface area contributed by atoms with Crippen molar-refractivity contribution in [1.29, 1.82) is 0 Å². The van der Waals surface area contributed by atoms with E-state index in [9.17, 15) is 4.79 Å². The van der Waals surface area contributed by atoms with Gasteiger partial charge in [0.15, 0.2) is 0 Å². The molecule has 1 unspecified atom stereocenters. The monoisotopic (exact) mass is 360 g/mol. The summed E-state index contributed by atoms with van der Waals surface area (Å²) in [4.78, 5) is 12.5. The van der Waals surface area contributed by atoms with Crippen LogP contribution in [0.4, 0.5) is 0 Å². The number of hydrogen-bond acceptors (Lipinski definition) is 2. The smallest absolute Gasteiger partial charge is 0.252 e. The number of carbonyl (C=O) groups excluding carboxylic acids is 1. The third-order valence-corrected chi connectivity index (χ3v) is 4.00. The van der Waals surface area contributed by atoms with E-state index in [4.69, 9.17) is 18.0 Å². The van der Waals surface area contributed by atoms with E-state index in [1.54, 1.807) is 6.07 Å². The average Bonchev–Trinajstić information content (AvgIpc) is 3.09. The maximum atomic E-state index is 12.1. The second-order valence-corrected chi connectivity index (χ2v) is 5.80. The molecule has 0 saturated heterocycles. The molecule has 1 saturated carbocycles. The van der Waals surface area contributed by atoms with Crippen LogP contribution in [-0.2, 0) is 0 Å². The van der Waals surface area contributed by atoms with Crippen molar-refractivity contribution in [3.63, 3.8) is 0 Å². The SMILES string of the molecule is NC(=S)C(NC(=O)c1ccccc1I)C1CC1. The Balaban J connectivity index is 2.10. The van der Waals surface area contributed by atoms with Gasteiger partial charge in [0.2, 0.25) is 0 Å². The molecule has 0 heterocycles. The molecule has 1 aromatic carbocycles. The fourth-order valence-electron chi connectivity index (χ4n) is 1.72. The fourth-order valence-corrected chi connectivity index (χ4v) is 2.60. The van der Waals surface area contributed by atoms with Crippen LogP contribution in [0.2, 0.25) is 0 Å². The summed E-state index contributed by atoms with van der Waals surface area (Å²) in [5.41, 5.74) is 6.33. The minimum Gasteiger partial charge on any atom is -0.392 e. The highest BCUT2D eigenvalue weighted by Crippen LogP contribution is 2.33. The van der Waals surface area contributed by atoms with Crippen LogP contribution in [-0.4, -0.2) is 16.9 Å². The number of benzene rings is 1. The Labute approximate surface area is 119 Å². The van der Waals surface area contributed by atoms with Crippen molar-refractivity contribution >= 4 is 45.7 Å². The number of carbonyl (C=O) groups is 1. The first-order valence-corrected chi connectivity index (χ1v) is 6.93. The van der Waals surface area contributed by atoms with Gasteiger partial charge in [-0.15, -0.1) is 0 Å². The van der Waals surface area contributed by atoms with E-state index in [-0.39, 0.29) is 11.9 Å². The summed E-state index contributed by atoms with van der Waals surface area (Å²) >= 11 is 7.14. The minimum absolute atomic E-state index is 0.0975. The first-order valence-electron chi connectivity index (χ1n) is 5.44. The van der Waals surface area contributed by atoms with Gasteiger partial charge < -0.3 is 11.1 Å². The van der Waals surface area contributed by atoms with Gasteiger partial charge >= 0.3 is 0 Å². The summed E-state index contributed by atoms with van der Waals surface area (Å²) in [6.45, 7) is 0. The van der Waals surface area contributed by atoms with Gasteiger partial charge in [0, 0.05) is 3.57 Å². The molecule has 90 valence electrons. The number of halogens is 1. The zero-order chi connectivity index (χ0) is 12.4. The number of thiocarbonyl (C=S) groups is 1. The topological polar surface area (TPSA) is 55.1 Å². The molecule has 3 N–H and O–H groups in total. The van der Waals surface area contributed by atoms with Crippen LogP contribution in [0.5, 0.6) is 0 Å². The molecule has 0 aromatic heterocycles. The molecule has 1 fully saturated rings. The quantitative estimate of drug-likeness (QED) is 0.639. The van der Waals surface area contributed by atoms with Crippen molar-refractivity contribution in [2.75, 3.05) is 0 Å². The maximum absolute atomic E-state index is 12.1. The van der Waals surface area contributed by atoms with Gasteiger partial charge in [0.1, 0.15) is 0 Å². The highest BCUT2D eigenvalue weighted by atomic mass is 127. The first kappa shape index (κ1) is 12.8. The number of nitrogens with one attached hydrogen (secondary N) is 1. The lowest BCUT2D eigenvalue weighted by molar-refractivity contribution is 0.0943. The van der Waals surface area contributed by atoms with Gasteiger partial charge in [-0.2, -0.15) is 0 Å². The molecule has 3 nitrogen and oxygen atoms in total. The molecule has 0 aliphatic heterocycles. The van der Waals surface area contributed by atoms with Crippen molar-refractivity contribution in [3.8, 4) is 0 Å². The largest absolute Gasteiger partial charge is 0.392 e. The van der Waals surface area contributed by atoms with Gasteiger partial charge in [-0.25, -0.2) is 0 Å². The van der Waals surface area contributed by atoms with Gasteiger partial charge in [0.05, 0.1) is 16.6 Å². The number of hydrogen-bond donors (Lipinski definition) is 2. The van der Waals surface area contributed by atoms with Crippen LogP contribution < -0.4 is 11.1 Å². The van der Waals surface area contributed by atoms with Crippen molar-refractivity contribution in [2.24, 2.45) is 11.7 Å². The lowest BCUT2D eigenvalue weighted by Crippen LogP contribution is -2.45. The Morgan fingerprint density at radius 2 is 2.12 bits per heavy atom. The first-order chi connectivity index (χ1) is 8.09. The molecule has 0 radical (unpaired) electrons. The summed E-state index contributed by atoms with van der Waals surface area (Å²) in [5.74, 6) is 0.331. The highest BCUT2D eigenvalue weighted by Gasteiger charge is 2.34. The molecule has 0 spiro atoms. The summed E-state index contributed by atoms with van der Waals surface area (Å²) in [6, 6.07) is 7.31. The maximum Gasteiger partial charge on any atom is 0.252 e. The summed E-state index contributed by atoms with van der Waals surface area (Å²) in [5, 5.41) is 2.93. The van der Waals surface area contributed by atoms with E-state index < -0.39 is 0 Å². The summed E-state index contributed by atoms with van der Waals surface area (Å²) in [7, 11) is 0.